The van der Waals surface area contributed by atoms with Crippen molar-refractivity contribution in [2.75, 3.05) is 5.33 Å². The molecule has 0 spiro atoms. The van der Waals surface area contributed by atoms with Gasteiger partial charge in [0.25, 0.3) is 5.56 Å². The summed E-state index contributed by atoms with van der Waals surface area (Å²) in [7, 11) is 0. The summed E-state index contributed by atoms with van der Waals surface area (Å²) in [4.78, 5) is 16.4. The van der Waals surface area contributed by atoms with Crippen molar-refractivity contribution in [3.8, 4) is 0 Å². The Morgan fingerprint density at radius 3 is 2.53 bits per heavy atom. The van der Waals surface area contributed by atoms with Crippen molar-refractivity contribution in [2.24, 2.45) is 5.41 Å². The Morgan fingerprint density at radius 1 is 1.47 bits per heavy atom. The molecular weight excluding hydrogens is 395 g/mol. The van der Waals surface area contributed by atoms with Crippen molar-refractivity contribution in [3.05, 3.63) is 25.9 Å². The van der Waals surface area contributed by atoms with Gasteiger partial charge in [-0.15, -0.1) is 0 Å². The topological polar surface area (TPSA) is 34.9 Å². The second kappa shape index (κ2) is 6.31. The van der Waals surface area contributed by atoms with E-state index < -0.39 is 0 Å². The van der Waals surface area contributed by atoms with E-state index in [0.717, 1.165) is 30.5 Å². The molecule has 0 radical (unpaired) electrons. The minimum atomic E-state index is 0.0744. The Hall–Kier alpha value is 0.0900. The Morgan fingerprint density at radius 2 is 2.06 bits per heavy atom. The van der Waals surface area contributed by atoms with Gasteiger partial charge in [-0.2, -0.15) is 0 Å². The minimum absolute atomic E-state index is 0.0744. The largest absolute Gasteiger partial charge is 0.295 e. The van der Waals surface area contributed by atoms with Gasteiger partial charge in [0.1, 0.15) is 5.82 Å². The van der Waals surface area contributed by atoms with Crippen LogP contribution < -0.4 is 5.56 Å². The molecular formula is C12H18BrIN2O. The number of rotatable bonds is 5. The lowest BCUT2D eigenvalue weighted by Gasteiger charge is -2.30. The first-order chi connectivity index (χ1) is 7.99. The van der Waals surface area contributed by atoms with Crippen molar-refractivity contribution in [3.63, 3.8) is 0 Å². The van der Waals surface area contributed by atoms with E-state index in [4.69, 9.17) is 0 Å². The lowest BCUT2D eigenvalue weighted by atomic mass is 9.84. The van der Waals surface area contributed by atoms with Crippen molar-refractivity contribution in [2.45, 2.75) is 40.2 Å². The van der Waals surface area contributed by atoms with Gasteiger partial charge in [0, 0.05) is 18.1 Å². The van der Waals surface area contributed by atoms with E-state index in [0.29, 0.717) is 3.57 Å². The lowest BCUT2D eigenvalue weighted by molar-refractivity contribution is 0.252. The molecule has 0 atom stereocenters. The summed E-state index contributed by atoms with van der Waals surface area (Å²) in [5.41, 5.74) is 0.214. The third kappa shape index (κ3) is 3.30. The number of alkyl halides is 1. The van der Waals surface area contributed by atoms with Crippen LogP contribution in [0.5, 0.6) is 0 Å². The van der Waals surface area contributed by atoms with Gasteiger partial charge in [-0.1, -0.05) is 29.8 Å². The minimum Gasteiger partial charge on any atom is -0.295 e. The fourth-order valence-corrected chi connectivity index (χ4v) is 3.18. The molecule has 96 valence electrons. The fraction of sp³-hybridized carbons (Fsp3) is 0.667. The summed E-state index contributed by atoms with van der Waals surface area (Å²) in [6, 6.07) is 0. The SMILES string of the molecule is CCC(CC)(CBr)Cn1c(C)ncc(I)c1=O. The second-order valence-electron chi connectivity index (χ2n) is 4.39. The van der Waals surface area contributed by atoms with Crippen molar-refractivity contribution >= 4 is 38.5 Å². The molecule has 0 N–H and O–H groups in total. The quantitative estimate of drug-likeness (QED) is 0.549. The first-order valence-corrected chi connectivity index (χ1v) is 7.97. The number of nitrogens with zero attached hydrogens (tertiary/aromatic N) is 2. The monoisotopic (exact) mass is 412 g/mol. The van der Waals surface area contributed by atoms with E-state index in [1.54, 1.807) is 10.8 Å². The van der Waals surface area contributed by atoms with Crippen LogP contribution in [0.2, 0.25) is 0 Å². The molecule has 17 heavy (non-hydrogen) atoms. The van der Waals surface area contributed by atoms with E-state index in [1.807, 2.05) is 29.5 Å². The smallest absolute Gasteiger partial charge is 0.266 e. The van der Waals surface area contributed by atoms with Gasteiger partial charge in [-0.05, 0) is 47.8 Å². The molecule has 0 saturated heterocycles. The van der Waals surface area contributed by atoms with Crippen molar-refractivity contribution in [1.29, 1.82) is 0 Å². The summed E-state index contributed by atoms with van der Waals surface area (Å²) in [5.74, 6) is 0.794. The highest BCUT2D eigenvalue weighted by molar-refractivity contribution is 14.1. The van der Waals surface area contributed by atoms with Gasteiger partial charge in [0.2, 0.25) is 0 Å². The van der Waals surface area contributed by atoms with Crippen LogP contribution in [-0.4, -0.2) is 14.9 Å². The molecule has 0 amide bonds. The Bertz CT molecular complexity index is 432. The van der Waals surface area contributed by atoms with Gasteiger partial charge in [0.15, 0.2) is 0 Å². The molecule has 0 aliphatic rings. The number of aryl methyl sites for hydroxylation is 1. The van der Waals surface area contributed by atoms with E-state index in [2.05, 4.69) is 34.8 Å². The van der Waals surface area contributed by atoms with Crippen LogP contribution in [0.15, 0.2) is 11.0 Å². The number of hydrogen-bond acceptors (Lipinski definition) is 2. The van der Waals surface area contributed by atoms with Gasteiger partial charge in [-0.3, -0.25) is 9.36 Å². The Kier molecular flexibility index (Phi) is 5.63. The maximum absolute atomic E-state index is 12.1. The molecule has 0 aliphatic heterocycles. The zero-order valence-electron chi connectivity index (χ0n) is 10.5. The molecule has 1 rings (SSSR count). The molecule has 3 nitrogen and oxygen atoms in total. The molecule has 1 aromatic rings. The fourth-order valence-electron chi connectivity index (χ4n) is 1.78. The first-order valence-electron chi connectivity index (χ1n) is 5.77. The number of aromatic nitrogens is 2. The van der Waals surface area contributed by atoms with Crippen LogP contribution in [-0.2, 0) is 6.54 Å². The maximum atomic E-state index is 12.1. The van der Waals surface area contributed by atoms with E-state index in [1.165, 1.54) is 0 Å². The predicted molar refractivity (Wildman–Crippen MR) is 82.8 cm³/mol. The predicted octanol–water partition coefficient (Wildman–Crippen LogP) is 3.36. The maximum Gasteiger partial charge on any atom is 0.266 e. The molecule has 0 fully saturated rings. The second-order valence-corrected chi connectivity index (χ2v) is 6.11. The Labute approximate surface area is 124 Å². The number of hydrogen-bond donors (Lipinski definition) is 0. The standard InChI is InChI=1S/C12H18BrIN2O/c1-4-12(5-2,7-13)8-16-9(3)15-6-10(14)11(16)17/h6H,4-5,7-8H2,1-3H3. The van der Waals surface area contributed by atoms with Gasteiger partial charge in [0.05, 0.1) is 3.57 Å². The molecule has 0 saturated carbocycles. The summed E-state index contributed by atoms with van der Waals surface area (Å²) < 4.78 is 2.49. The van der Waals surface area contributed by atoms with Gasteiger partial charge < -0.3 is 0 Å². The third-order valence-electron chi connectivity index (χ3n) is 3.48. The van der Waals surface area contributed by atoms with Gasteiger partial charge >= 0.3 is 0 Å². The first kappa shape index (κ1) is 15.1. The molecule has 0 aliphatic carbocycles. The van der Waals surface area contributed by atoms with Gasteiger partial charge in [-0.25, -0.2) is 4.98 Å². The summed E-state index contributed by atoms with van der Waals surface area (Å²) in [6.07, 6.45) is 3.74. The van der Waals surface area contributed by atoms with Crippen LogP contribution in [0.4, 0.5) is 0 Å². The Balaban J connectivity index is 3.18. The molecule has 1 aromatic heterocycles. The molecule has 1 heterocycles. The summed E-state index contributed by atoms with van der Waals surface area (Å²) >= 11 is 5.63. The molecule has 0 bridgehead atoms. The number of halogens is 2. The van der Waals surface area contributed by atoms with Crippen LogP contribution in [0.3, 0.4) is 0 Å². The highest BCUT2D eigenvalue weighted by atomic mass is 127. The average molecular weight is 413 g/mol. The molecule has 0 unspecified atom stereocenters. The van der Waals surface area contributed by atoms with Crippen LogP contribution >= 0.6 is 38.5 Å². The van der Waals surface area contributed by atoms with E-state index >= 15 is 0 Å². The average Bonchev–Trinajstić information content (AvgIpc) is 2.36. The van der Waals surface area contributed by atoms with Crippen molar-refractivity contribution < 1.29 is 0 Å². The highest BCUT2D eigenvalue weighted by Gasteiger charge is 2.26. The van der Waals surface area contributed by atoms with Crippen LogP contribution in [0.1, 0.15) is 32.5 Å². The molecule has 5 heteroatoms. The van der Waals surface area contributed by atoms with E-state index in [-0.39, 0.29) is 11.0 Å². The summed E-state index contributed by atoms with van der Waals surface area (Å²) in [6.45, 7) is 6.97. The third-order valence-corrected chi connectivity index (χ3v) is 5.41. The zero-order valence-corrected chi connectivity index (χ0v) is 14.2. The van der Waals surface area contributed by atoms with E-state index in [9.17, 15) is 4.79 Å². The molecule has 0 aromatic carbocycles. The zero-order chi connectivity index (χ0) is 13.1. The lowest BCUT2D eigenvalue weighted by Crippen LogP contribution is -2.35. The van der Waals surface area contributed by atoms with Crippen LogP contribution in [0, 0.1) is 15.9 Å². The van der Waals surface area contributed by atoms with Crippen molar-refractivity contribution in [1.82, 2.24) is 9.55 Å². The normalized spacial score (nSPS) is 11.8. The summed E-state index contributed by atoms with van der Waals surface area (Å²) in [5, 5.41) is 0.907. The highest BCUT2D eigenvalue weighted by Crippen LogP contribution is 2.30. The van der Waals surface area contributed by atoms with Crippen LogP contribution in [0.25, 0.3) is 0 Å².